The maximum atomic E-state index is 13.5. The van der Waals surface area contributed by atoms with Crippen LogP contribution < -0.4 is 4.74 Å². The molecule has 0 N–H and O–H groups in total. The Labute approximate surface area is 215 Å². The lowest BCUT2D eigenvalue weighted by Gasteiger charge is -2.39. The van der Waals surface area contributed by atoms with Crippen molar-refractivity contribution in [3.63, 3.8) is 0 Å². The zero-order valence-corrected chi connectivity index (χ0v) is 21.7. The van der Waals surface area contributed by atoms with Gasteiger partial charge in [-0.3, -0.25) is 9.59 Å². The molecular weight excluding hydrogens is 450 g/mol. The highest BCUT2D eigenvalue weighted by Crippen LogP contribution is 2.43. The molecule has 36 heavy (non-hydrogen) atoms. The van der Waals surface area contributed by atoms with E-state index in [4.69, 9.17) is 4.74 Å². The summed E-state index contributed by atoms with van der Waals surface area (Å²) in [5, 5.41) is 0. The highest BCUT2D eigenvalue weighted by Gasteiger charge is 2.48. The van der Waals surface area contributed by atoms with E-state index in [1.807, 2.05) is 24.0 Å². The van der Waals surface area contributed by atoms with Gasteiger partial charge >= 0.3 is 0 Å². The van der Waals surface area contributed by atoms with Crippen LogP contribution in [0.25, 0.3) is 0 Å². The molecule has 6 heteroatoms. The highest BCUT2D eigenvalue weighted by atomic mass is 16.5. The molecule has 3 aliphatic rings. The maximum Gasteiger partial charge on any atom is 0.229 e. The van der Waals surface area contributed by atoms with Crippen LogP contribution in [0, 0.1) is 11.3 Å². The minimum atomic E-state index is -0.193. The van der Waals surface area contributed by atoms with Crippen molar-refractivity contribution in [3.05, 3.63) is 65.7 Å². The molecule has 0 saturated carbocycles. The van der Waals surface area contributed by atoms with E-state index in [2.05, 4.69) is 52.3 Å². The number of ether oxygens (including phenoxy) is 1. The van der Waals surface area contributed by atoms with Crippen LogP contribution in [0.4, 0.5) is 0 Å². The molecule has 0 bridgehead atoms. The van der Waals surface area contributed by atoms with Crippen molar-refractivity contribution in [1.82, 2.24) is 14.7 Å². The average Bonchev–Trinajstić information content (AvgIpc) is 3.47. The lowest BCUT2D eigenvalue weighted by Crippen LogP contribution is -2.46. The predicted octanol–water partition coefficient (Wildman–Crippen LogP) is 4.16. The SMILES string of the molecule is CCC(=O)N1C[C@H](CN2CCC3(CC2)CCN(Cc2ccc(OC)cc2)C3=O)[C@@H](c2ccccc2)C1. The number of nitrogens with zero attached hydrogens (tertiary/aromatic N) is 3. The zero-order valence-electron chi connectivity index (χ0n) is 21.7. The smallest absolute Gasteiger partial charge is 0.229 e. The summed E-state index contributed by atoms with van der Waals surface area (Å²) in [7, 11) is 1.67. The highest BCUT2D eigenvalue weighted by molar-refractivity contribution is 5.85. The molecule has 5 rings (SSSR count). The first-order chi connectivity index (χ1) is 17.5. The Hall–Kier alpha value is -2.86. The minimum Gasteiger partial charge on any atom is -0.497 e. The number of amides is 2. The van der Waals surface area contributed by atoms with Gasteiger partial charge in [-0.05, 0) is 61.5 Å². The lowest BCUT2D eigenvalue weighted by atomic mass is 9.76. The van der Waals surface area contributed by atoms with E-state index in [1.54, 1.807) is 7.11 Å². The fourth-order valence-corrected chi connectivity index (χ4v) is 6.52. The second-order valence-electron chi connectivity index (χ2n) is 10.8. The van der Waals surface area contributed by atoms with Crippen molar-refractivity contribution < 1.29 is 14.3 Å². The molecule has 2 aromatic carbocycles. The Balaban J connectivity index is 1.19. The van der Waals surface area contributed by atoms with Crippen LogP contribution in [0.5, 0.6) is 5.75 Å². The maximum absolute atomic E-state index is 13.5. The Morgan fingerprint density at radius 2 is 1.67 bits per heavy atom. The van der Waals surface area contributed by atoms with E-state index in [1.165, 1.54) is 5.56 Å². The number of benzene rings is 2. The Morgan fingerprint density at radius 3 is 2.33 bits per heavy atom. The molecule has 0 unspecified atom stereocenters. The van der Waals surface area contributed by atoms with Gasteiger partial charge < -0.3 is 19.4 Å². The molecule has 0 aliphatic carbocycles. The van der Waals surface area contributed by atoms with Crippen LogP contribution in [-0.2, 0) is 16.1 Å². The first-order valence-electron chi connectivity index (χ1n) is 13.5. The van der Waals surface area contributed by atoms with E-state index in [9.17, 15) is 9.59 Å². The summed E-state index contributed by atoms with van der Waals surface area (Å²) in [6, 6.07) is 18.7. The van der Waals surface area contributed by atoms with Crippen LogP contribution >= 0.6 is 0 Å². The first kappa shape index (κ1) is 24.8. The zero-order chi connectivity index (χ0) is 25.1. The molecule has 2 aromatic rings. The van der Waals surface area contributed by atoms with Gasteiger partial charge in [-0.25, -0.2) is 0 Å². The molecule has 6 nitrogen and oxygen atoms in total. The molecule has 2 amide bonds. The van der Waals surface area contributed by atoms with Crippen LogP contribution in [-0.4, -0.2) is 72.9 Å². The van der Waals surface area contributed by atoms with E-state index in [-0.39, 0.29) is 11.3 Å². The quantitative estimate of drug-likeness (QED) is 0.586. The molecule has 0 radical (unpaired) electrons. The summed E-state index contributed by atoms with van der Waals surface area (Å²) in [6.07, 6.45) is 3.40. The molecule has 192 valence electrons. The van der Waals surface area contributed by atoms with Crippen LogP contribution in [0.3, 0.4) is 0 Å². The molecule has 0 aromatic heterocycles. The lowest BCUT2D eigenvalue weighted by molar-refractivity contribution is -0.139. The molecule has 1 spiro atoms. The Kier molecular flexibility index (Phi) is 7.33. The van der Waals surface area contributed by atoms with Gasteiger partial charge in [0.05, 0.1) is 12.5 Å². The number of carbonyl (C=O) groups excluding carboxylic acids is 2. The number of rotatable bonds is 7. The molecule has 2 atom stereocenters. The summed E-state index contributed by atoms with van der Waals surface area (Å²) in [4.78, 5) is 32.6. The van der Waals surface area contributed by atoms with E-state index in [0.717, 1.165) is 69.8 Å². The first-order valence-corrected chi connectivity index (χ1v) is 13.5. The van der Waals surface area contributed by atoms with Gasteiger partial charge in [-0.2, -0.15) is 0 Å². The van der Waals surface area contributed by atoms with Gasteiger partial charge in [0.15, 0.2) is 0 Å². The van der Waals surface area contributed by atoms with Crippen LogP contribution in [0.15, 0.2) is 54.6 Å². The van der Waals surface area contributed by atoms with E-state index < -0.39 is 0 Å². The van der Waals surface area contributed by atoms with Gasteiger partial charge in [-0.1, -0.05) is 49.4 Å². The van der Waals surface area contributed by atoms with Crippen molar-refractivity contribution in [2.24, 2.45) is 11.3 Å². The predicted molar refractivity (Wildman–Crippen MR) is 141 cm³/mol. The van der Waals surface area contributed by atoms with E-state index in [0.29, 0.717) is 30.7 Å². The van der Waals surface area contributed by atoms with Crippen molar-refractivity contribution in [1.29, 1.82) is 0 Å². The number of hydrogen-bond acceptors (Lipinski definition) is 4. The van der Waals surface area contributed by atoms with Gasteiger partial charge in [0, 0.05) is 45.1 Å². The monoisotopic (exact) mass is 489 g/mol. The average molecular weight is 490 g/mol. The molecule has 3 fully saturated rings. The second kappa shape index (κ2) is 10.6. The topological polar surface area (TPSA) is 53.1 Å². The van der Waals surface area contributed by atoms with Crippen LogP contribution in [0.2, 0.25) is 0 Å². The van der Waals surface area contributed by atoms with Crippen LogP contribution in [0.1, 0.15) is 49.7 Å². The third-order valence-electron chi connectivity index (χ3n) is 8.76. The number of carbonyl (C=O) groups is 2. The standard InChI is InChI=1S/C30H39N3O3/c1-3-28(34)33-21-25(27(22-33)24-7-5-4-6-8-24)20-31-16-13-30(14-17-31)15-18-32(29(30)35)19-23-9-11-26(36-2)12-10-23/h4-12,25,27H,3,13-22H2,1-2H3/t25-,27+/m0/s1. The largest absolute Gasteiger partial charge is 0.497 e. The van der Waals surface area contributed by atoms with Crippen molar-refractivity contribution in [3.8, 4) is 5.75 Å². The van der Waals surface area contributed by atoms with Gasteiger partial charge in [0.25, 0.3) is 0 Å². The fourth-order valence-electron chi connectivity index (χ4n) is 6.52. The van der Waals surface area contributed by atoms with Gasteiger partial charge in [0.1, 0.15) is 5.75 Å². The molecule has 3 heterocycles. The molecular formula is C30H39N3O3. The normalized spacial score (nSPS) is 24.0. The third-order valence-corrected chi connectivity index (χ3v) is 8.76. The molecule has 3 saturated heterocycles. The number of likely N-dealkylation sites (tertiary alicyclic amines) is 3. The number of hydrogen-bond donors (Lipinski definition) is 0. The summed E-state index contributed by atoms with van der Waals surface area (Å²) in [6.45, 7) is 8.04. The summed E-state index contributed by atoms with van der Waals surface area (Å²) >= 11 is 0. The Bertz CT molecular complexity index is 1050. The minimum absolute atomic E-state index is 0.193. The summed E-state index contributed by atoms with van der Waals surface area (Å²) < 4.78 is 5.26. The van der Waals surface area contributed by atoms with Crippen molar-refractivity contribution in [2.45, 2.75) is 45.1 Å². The van der Waals surface area contributed by atoms with Crippen molar-refractivity contribution >= 4 is 11.8 Å². The number of methoxy groups -OCH3 is 1. The fraction of sp³-hybridized carbons (Fsp3) is 0.533. The van der Waals surface area contributed by atoms with Crippen molar-refractivity contribution in [2.75, 3.05) is 46.4 Å². The number of piperidine rings is 1. The van der Waals surface area contributed by atoms with Gasteiger partial charge in [-0.15, -0.1) is 0 Å². The third kappa shape index (κ3) is 5.01. The van der Waals surface area contributed by atoms with E-state index >= 15 is 0 Å². The Morgan fingerprint density at radius 1 is 0.972 bits per heavy atom. The van der Waals surface area contributed by atoms with Gasteiger partial charge in [0.2, 0.25) is 11.8 Å². The summed E-state index contributed by atoms with van der Waals surface area (Å²) in [5.74, 6) is 2.24. The second-order valence-corrected chi connectivity index (χ2v) is 10.8. The summed E-state index contributed by atoms with van der Waals surface area (Å²) in [5.41, 5.74) is 2.29. The molecule has 3 aliphatic heterocycles.